The molecule has 0 radical (unpaired) electrons. The summed E-state index contributed by atoms with van der Waals surface area (Å²) in [5.41, 5.74) is 1.71. The number of ether oxygens (including phenoxy) is 2. The summed E-state index contributed by atoms with van der Waals surface area (Å²) in [6, 6.07) is 2.03. The van der Waals surface area contributed by atoms with E-state index in [9.17, 15) is 9.59 Å². The van der Waals surface area contributed by atoms with Crippen molar-refractivity contribution in [2.24, 2.45) is 0 Å². The van der Waals surface area contributed by atoms with E-state index in [0.29, 0.717) is 30.0 Å². The highest BCUT2D eigenvalue weighted by atomic mass is 16.6. The molecular formula is C20H26N4O4. The molecule has 0 spiro atoms. The second kappa shape index (κ2) is 8.88. The van der Waals surface area contributed by atoms with Crippen LogP contribution in [0.1, 0.15) is 30.1 Å². The summed E-state index contributed by atoms with van der Waals surface area (Å²) in [6.45, 7) is 6.66. The number of esters is 1. The molecule has 1 amide bonds. The van der Waals surface area contributed by atoms with Crippen molar-refractivity contribution in [1.82, 2.24) is 14.9 Å². The number of methoxy groups -OCH3 is 1. The van der Waals surface area contributed by atoms with Gasteiger partial charge in [0.05, 0.1) is 12.3 Å². The number of aromatic amines is 1. The van der Waals surface area contributed by atoms with E-state index in [1.807, 2.05) is 13.0 Å². The van der Waals surface area contributed by atoms with Gasteiger partial charge in [-0.3, -0.25) is 4.79 Å². The van der Waals surface area contributed by atoms with Gasteiger partial charge >= 0.3 is 5.97 Å². The molecule has 3 heterocycles. The second-order valence-electron chi connectivity index (χ2n) is 6.88. The van der Waals surface area contributed by atoms with Crippen LogP contribution in [0.3, 0.4) is 0 Å². The maximum atomic E-state index is 12.6. The zero-order chi connectivity index (χ0) is 20.1. The lowest BCUT2D eigenvalue weighted by atomic mass is 9.98. The quantitative estimate of drug-likeness (QED) is 0.431. The Morgan fingerprint density at radius 3 is 3.00 bits per heavy atom. The fraction of sp³-hybridized carbons (Fsp3) is 0.450. The fourth-order valence-corrected chi connectivity index (χ4v) is 3.47. The first-order valence-electron chi connectivity index (χ1n) is 9.36. The Bertz CT molecular complexity index is 863. The molecule has 150 valence electrons. The number of nitrogens with zero attached hydrogens (tertiary/aromatic N) is 2. The smallest absolute Gasteiger partial charge is 0.341 e. The molecule has 2 unspecified atom stereocenters. The summed E-state index contributed by atoms with van der Waals surface area (Å²) in [5.74, 6) is -0.543. The van der Waals surface area contributed by atoms with Gasteiger partial charge in [-0.05, 0) is 31.9 Å². The Hall–Kier alpha value is -2.87. The summed E-state index contributed by atoms with van der Waals surface area (Å²) in [5, 5.41) is 4.27. The maximum absolute atomic E-state index is 12.6. The number of hydrogen-bond acceptors (Lipinski definition) is 6. The Kier molecular flexibility index (Phi) is 6.30. The number of piperidine rings is 1. The lowest BCUT2D eigenvalue weighted by Crippen LogP contribution is -2.49. The summed E-state index contributed by atoms with van der Waals surface area (Å²) in [4.78, 5) is 33.9. The van der Waals surface area contributed by atoms with Crippen LogP contribution >= 0.6 is 0 Å². The first-order chi connectivity index (χ1) is 13.5. The standard InChI is InChI=1S/C20H26N4O4/c1-4-17(25)24-12-14(6-5-13(24)2)23-18-15-7-8-21-19(15)22-11-16(18)20(26)28-10-9-27-3/h4,7-8,11,13-14H,1,5-6,9-10,12H2,2-3H3,(H2,21,22,23). The van der Waals surface area contributed by atoms with Gasteiger partial charge in [-0.1, -0.05) is 6.58 Å². The van der Waals surface area contributed by atoms with Crippen LogP contribution in [0, 0.1) is 0 Å². The third-order valence-corrected chi connectivity index (χ3v) is 5.02. The number of carbonyl (C=O) groups excluding carboxylic acids is 2. The van der Waals surface area contributed by atoms with E-state index in [1.54, 1.807) is 18.2 Å². The molecule has 28 heavy (non-hydrogen) atoms. The normalized spacial score (nSPS) is 19.4. The number of amides is 1. The minimum absolute atomic E-state index is 0.00567. The van der Waals surface area contributed by atoms with Crippen molar-refractivity contribution in [3.05, 3.63) is 36.7 Å². The fourth-order valence-electron chi connectivity index (χ4n) is 3.47. The first-order valence-corrected chi connectivity index (χ1v) is 9.36. The number of aromatic nitrogens is 2. The van der Waals surface area contributed by atoms with E-state index >= 15 is 0 Å². The molecule has 0 aromatic carbocycles. The largest absolute Gasteiger partial charge is 0.460 e. The van der Waals surface area contributed by atoms with Crippen LogP contribution in [0.5, 0.6) is 0 Å². The number of pyridine rings is 1. The van der Waals surface area contributed by atoms with Gasteiger partial charge in [-0.2, -0.15) is 0 Å². The minimum Gasteiger partial charge on any atom is -0.460 e. The van der Waals surface area contributed by atoms with Crippen LogP contribution in [0.25, 0.3) is 11.0 Å². The van der Waals surface area contributed by atoms with Crippen LogP contribution in [0.2, 0.25) is 0 Å². The van der Waals surface area contributed by atoms with Crippen LogP contribution in [-0.2, 0) is 14.3 Å². The molecule has 1 saturated heterocycles. The summed E-state index contributed by atoms with van der Waals surface area (Å²) in [6.07, 6.45) is 6.38. The number of nitrogens with one attached hydrogen (secondary N) is 2. The molecule has 1 aliphatic rings. The number of rotatable bonds is 7. The second-order valence-corrected chi connectivity index (χ2v) is 6.88. The Labute approximate surface area is 163 Å². The molecule has 0 aliphatic carbocycles. The van der Waals surface area contributed by atoms with Crippen molar-refractivity contribution in [2.75, 3.05) is 32.2 Å². The minimum atomic E-state index is -0.460. The molecule has 1 fully saturated rings. The number of anilines is 1. The monoisotopic (exact) mass is 386 g/mol. The first kappa shape index (κ1) is 19.9. The van der Waals surface area contributed by atoms with E-state index in [1.165, 1.54) is 12.3 Å². The van der Waals surface area contributed by atoms with Gasteiger partial charge < -0.3 is 24.7 Å². The maximum Gasteiger partial charge on any atom is 0.341 e. The molecule has 2 N–H and O–H groups in total. The average molecular weight is 386 g/mol. The van der Waals surface area contributed by atoms with Gasteiger partial charge in [0.2, 0.25) is 5.91 Å². The van der Waals surface area contributed by atoms with Gasteiger partial charge in [-0.15, -0.1) is 0 Å². The van der Waals surface area contributed by atoms with Crippen molar-refractivity contribution in [1.29, 1.82) is 0 Å². The molecule has 3 rings (SSSR count). The van der Waals surface area contributed by atoms with E-state index in [2.05, 4.69) is 21.9 Å². The summed E-state index contributed by atoms with van der Waals surface area (Å²) in [7, 11) is 1.55. The third-order valence-electron chi connectivity index (χ3n) is 5.02. The zero-order valence-corrected chi connectivity index (χ0v) is 16.2. The Balaban J connectivity index is 1.85. The highest BCUT2D eigenvalue weighted by Crippen LogP contribution is 2.29. The third kappa shape index (κ3) is 4.17. The molecule has 8 nitrogen and oxygen atoms in total. The van der Waals surface area contributed by atoms with Crippen LogP contribution < -0.4 is 5.32 Å². The number of hydrogen-bond donors (Lipinski definition) is 2. The number of H-pyrrole nitrogens is 1. The van der Waals surface area contributed by atoms with Gasteiger partial charge in [0, 0.05) is 43.5 Å². The summed E-state index contributed by atoms with van der Waals surface area (Å²) < 4.78 is 10.2. The van der Waals surface area contributed by atoms with E-state index in [-0.39, 0.29) is 24.6 Å². The van der Waals surface area contributed by atoms with Crippen molar-refractivity contribution >= 4 is 28.6 Å². The Morgan fingerprint density at radius 1 is 1.43 bits per heavy atom. The number of carbonyl (C=O) groups is 2. The van der Waals surface area contributed by atoms with Crippen molar-refractivity contribution in [3.8, 4) is 0 Å². The van der Waals surface area contributed by atoms with Gasteiger partial charge in [0.25, 0.3) is 0 Å². The number of likely N-dealkylation sites (tertiary alicyclic amines) is 1. The van der Waals surface area contributed by atoms with E-state index < -0.39 is 5.97 Å². The molecule has 2 aromatic heterocycles. The molecule has 0 bridgehead atoms. The van der Waals surface area contributed by atoms with Gasteiger partial charge in [0.1, 0.15) is 17.8 Å². The van der Waals surface area contributed by atoms with Crippen molar-refractivity contribution in [3.63, 3.8) is 0 Å². The van der Waals surface area contributed by atoms with E-state index in [4.69, 9.17) is 9.47 Å². The molecular weight excluding hydrogens is 360 g/mol. The highest BCUT2D eigenvalue weighted by molar-refractivity contribution is 6.04. The molecule has 1 aliphatic heterocycles. The number of fused-ring (bicyclic) bond motifs is 1. The zero-order valence-electron chi connectivity index (χ0n) is 16.2. The Morgan fingerprint density at radius 2 is 2.25 bits per heavy atom. The topological polar surface area (TPSA) is 96.6 Å². The molecule has 2 atom stereocenters. The van der Waals surface area contributed by atoms with E-state index in [0.717, 1.165) is 18.2 Å². The van der Waals surface area contributed by atoms with Crippen molar-refractivity contribution in [2.45, 2.75) is 31.8 Å². The lowest BCUT2D eigenvalue weighted by Gasteiger charge is -2.38. The lowest BCUT2D eigenvalue weighted by molar-refractivity contribution is -0.129. The highest BCUT2D eigenvalue weighted by Gasteiger charge is 2.29. The predicted molar refractivity (Wildman–Crippen MR) is 106 cm³/mol. The van der Waals surface area contributed by atoms with Crippen LogP contribution in [0.4, 0.5) is 5.69 Å². The SMILES string of the molecule is C=CC(=O)N1CC(Nc2c(C(=O)OCCOC)cnc3[nH]ccc23)CCC1C. The average Bonchev–Trinajstić information content (AvgIpc) is 3.18. The molecule has 2 aromatic rings. The molecule has 8 heteroatoms. The predicted octanol–water partition coefficient (Wildman–Crippen LogP) is 2.34. The van der Waals surface area contributed by atoms with Gasteiger partial charge in [-0.25, -0.2) is 9.78 Å². The molecule has 0 saturated carbocycles. The van der Waals surface area contributed by atoms with Gasteiger partial charge in [0.15, 0.2) is 0 Å². The van der Waals surface area contributed by atoms with Crippen LogP contribution in [0.15, 0.2) is 31.1 Å². The van der Waals surface area contributed by atoms with Crippen molar-refractivity contribution < 1.29 is 19.1 Å². The summed E-state index contributed by atoms with van der Waals surface area (Å²) >= 11 is 0. The van der Waals surface area contributed by atoms with Crippen LogP contribution in [-0.4, -0.2) is 65.7 Å².